The van der Waals surface area contributed by atoms with E-state index in [-0.39, 0.29) is 6.04 Å². The van der Waals surface area contributed by atoms with Gasteiger partial charge in [-0.1, -0.05) is 12.8 Å². The Balaban J connectivity index is 2.61. The minimum absolute atomic E-state index is 0.0119. The van der Waals surface area contributed by atoms with E-state index in [1.54, 1.807) is 0 Å². The lowest BCUT2D eigenvalue weighted by atomic mass is 10.3. The quantitative estimate of drug-likeness (QED) is 0.716. The van der Waals surface area contributed by atoms with Gasteiger partial charge in [0.05, 0.1) is 7.11 Å². The summed E-state index contributed by atoms with van der Waals surface area (Å²) in [5, 5.41) is -1.14. The fourth-order valence-corrected chi connectivity index (χ4v) is 2.92. The van der Waals surface area contributed by atoms with Crippen molar-refractivity contribution in [1.29, 1.82) is 0 Å². The molecule has 1 unspecified atom stereocenters. The third-order valence-electron chi connectivity index (χ3n) is 2.68. The van der Waals surface area contributed by atoms with Crippen LogP contribution in [-0.2, 0) is 19.6 Å². The zero-order valence-electron chi connectivity index (χ0n) is 9.02. The second-order valence-corrected chi connectivity index (χ2v) is 5.84. The molecule has 0 aromatic rings. The molecule has 1 fully saturated rings. The van der Waals surface area contributed by atoms with E-state index >= 15 is 0 Å². The third-order valence-corrected chi connectivity index (χ3v) is 4.47. The van der Waals surface area contributed by atoms with E-state index in [9.17, 15) is 13.2 Å². The van der Waals surface area contributed by atoms with E-state index in [4.69, 9.17) is 0 Å². The van der Waals surface area contributed by atoms with E-state index in [1.807, 2.05) is 0 Å². The first-order valence-corrected chi connectivity index (χ1v) is 6.61. The maximum Gasteiger partial charge on any atom is 0.325 e. The summed E-state index contributed by atoms with van der Waals surface area (Å²) in [4.78, 5) is 11.1. The van der Waals surface area contributed by atoms with Crippen LogP contribution in [0.4, 0.5) is 0 Å². The topological polar surface area (TPSA) is 72.5 Å². The number of carbonyl (C=O) groups excluding carboxylic acids is 1. The molecule has 1 aliphatic carbocycles. The maximum absolute atomic E-state index is 11.7. The van der Waals surface area contributed by atoms with Gasteiger partial charge in [0.25, 0.3) is 0 Å². The molecule has 0 aromatic carbocycles. The van der Waals surface area contributed by atoms with Crippen molar-refractivity contribution in [3.8, 4) is 0 Å². The van der Waals surface area contributed by atoms with Crippen LogP contribution in [0.1, 0.15) is 32.6 Å². The highest BCUT2D eigenvalue weighted by Crippen LogP contribution is 2.19. The molecule has 6 heteroatoms. The summed E-state index contributed by atoms with van der Waals surface area (Å²) in [6.45, 7) is 1.34. The van der Waals surface area contributed by atoms with Crippen molar-refractivity contribution >= 4 is 16.0 Å². The summed E-state index contributed by atoms with van der Waals surface area (Å²) < 4.78 is 30.3. The smallest absolute Gasteiger partial charge is 0.325 e. The molecule has 0 amide bonds. The zero-order chi connectivity index (χ0) is 11.5. The van der Waals surface area contributed by atoms with Crippen molar-refractivity contribution in [3.63, 3.8) is 0 Å². The zero-order valence-corrected chi connectivity index (χ0v) is 9.84. The van der Waals surface area contributed by atoms with E-state index < -0.39 is 21.2 Å². The van der Waals surface area contributed by atoms with Crippen LogP contribution in [-0.4, -0.2) is 32.8 Å². The molecule has 1 atom stereocenters. The first-order valence-electron chi connectivity index (χ1n) is 5.06. The van der Waals surface area contributed by atoms with Crippen molar-refractivity contribution in [1.82, 2.24) is 4.72 Å². The van der Waals surface area contributed by atoms with E-state index in [0.717, 1.165) is 25.7 Å². The van der Waals surface area contributed by atoms with E-state index in [2.05, 4.69) is 9.46 Å². The lowest BCUT2D eigenvalue weighted by molar-refractivity contribution is -0.139. The average molecular weight is 235 g/mol. The number of rotatable bonds is 4. The van der Waals surface area contributed by atoms with Gasteiger partial charge in [0.1, 0.15) is 0 Å². The number of sulfonamides is 1. The number of esters is 1. The van der Waals surface area contributed by atoms with Gasteiger partial charge in [-0.15, -0.1) is 0 Å². The normalized spacial score (nSPS) is 20.1. The van der Waals surface area contributed by atoms with Gasteiger partial charge in [0.15, 0.2) is 5.25 Å². The van der Waals surface area contributed by atoms with Crippen LogP contribution in [0, 0.1) is 0 Å². The first kappa shape index (κ1) is 12.4. The number of nitrogens with one attached hydrogen (secondary N) is 1. The summed E-state index contributed by atoms with van der Waals surface area (Å²) in [7, 11) is -2.40. The second-order valence-electron chi connectivity index (χ2n) is 3.81. The Morgan fingerprint density at radius 2 is 1.93 bits per heavy atom. The number of hydrogen-bond donors (Lipinski definition) is 1. The summed E-state index contributed by atoms with van der Waals surface area (Å²) in [6, 6.07) is -0.0119. The Labute approximate surface area is 90.2 Å². The summed E-state index contributed by atoms with van der Waals surface area (Å²) >= 11 is 0. The SMILES string of the molecule is COC(=O)C(C)S(=O)(=O)NC1CCCC1. The highest BCUT2D eigenvalue weighted by atomic mass is 32.2. The predicted molar refractivity (Wildman–Crippen MR) is 55.8 cm³/mol. The Hall–Kier alpha value is -0.620. The third kappa shape index (κ3) is 3.17. The van der Waals surface area contributed by atoms with Gasteiger partial charge in [-0.3, -0.25) is 4.79 Å². The number of ether oxygens (including phenoxy) is 1. The number of methoxy groups -OCH3 is 1. The van der Waals surface area contributed by atoms with Gasteiger partial charge in [-0.25, -0.2) is 13.1 Å². The largest absolute Gasteiger partial charge is 0.468 e. The molecule has 1 aliphatic rings. The molecule has 0 radical (unpaired) electrons. The molecule has 1 saturated carbocycles. The second kappa shape index (κ2) is 4.94. The van der Waals surface area contributed by atoms with Crippen LogP contribution in [0.3, 0.4) is 0 Å². The molecular formula is C9H17NO4S. The van der Waals surface area contributed by atoms with Gasteiger partial charge < -0.3 is 4.74 Å². The van der Waals surface area contributed by atoms with Crippen LogP contribution in [0.2, 0.25) is 0 Å². The lowest BCUT2D eigenvalue weighted by Crippen LogP contribution is -2.42. The summed E-state index contributed by atoms with van der Waals surface area (Å²) in [5.74, 6) is -0.722. The monoisotopic (exact) mass is 235 g/mol. The van der Waals surface area contributed by atoms with Gasteiger partial charge in [-0.2, -0.15) is 0 Å². The molecule has 0 aliphatic heterocycles. The minimum Gasteiger partial charge on any atom is -0.468 e. The molecular weight excluding hydrogens is 218 g/mol. The molecule has 0 spiro atoms. The molecule has 15 heavy (non-hydrogen) atoms. The van der Waals surface area contributed by atoms with Crippen LogP contribution >= 0.6 is 0 Å². The number of carbonyl (C=O) groups is 1. The van der Waals surface area contributed by atoms with Crippen molar-refractivity contribution < 1.29 is 17.9 Å². The van der Waals surface area contributed by atoms with Crippen LogP contribution < -0.4 is 4.72 Å². The summed E-state index contributed by atoms with van der Waals surface area (Å²) in [5.41, 5.74) is 0. The average Bonchev–Trinajstić information content (AvgIpc) is 2.67. The fraction of sp³-hybridized carbons (Fsp3) is 0.889. The first-order chi connectivity index (χ1) is 6.97. The fourth-order valence-electron chi connectivity index (χ4n) is 1.67. The van der Waals surface area contributed by atoms with Crippen molar-refractivity contribution in [2.75, 3.05) is 7.11 Å². The van der Waals surface area contributed by atoms with Crippen LogP contribution in [0.25, 0.3) is 0 Å². The van der Waals surface area contributed by atoms with E-state index in [0.29, 0.717) is 0 Å². The van der Waals surface area contributed by atoms with Gasteiger partial charge in [-0.05, 0) is 19.8 Å². The maximum atomic E-state index is 11.7. The molecule has 1 N–H and O–H groups in total. The molecule has 5 nitrogen and oxygen atoms in total. The molecule has 0 aromatic heterocycles. The standard InChI is InChI=1S/C9H17NO4S/c1-7(9(11)14-2)15(12,13)10-8-5-3-4-6-8/h7-8,10H,3-6H2,1-2H3. The van der Waals surface area contributed by atoms with Crippen LogP contribution in [0.15, 0.2) is 0 Å². The molecule has 0 bridgehead atoms. The van der Waals surface area contributed by atoms with Crippen molar-refractivity contribution in [2.45, 2.75) is 43.9 Å². The van der Waals surface area contributed by atoms with Gasteiger partial charge in [0.2, 0.25) is 10.0 Å². The number of hydrogen-bond acceptors (Lipinski definition) is 4. The molecule has 0 saturated heterocycles. The molecule has 88 valence electrons. The minimum atomic E-state index is -3.58. The van der Waals surface area contributed by atoms with E-state index in [1.165, 1.54) is 14.0 Å². The Kier molecular flexibility index (Phi) is 4.10. The highest BCUT2D eigenvalue weighted by Gasteiger charge is 2.31. The lowest BCUT2D eigenvalue weighted by Gasteiger charge is -2.15. The Morgan fingerprint density at radius 1 is 1.40 bits per heavy atom. The Bertz CT molecular complexity index is 319. The predicted octanol–water partition coefficient (Wildman–Crippen LogP) is 0.410. The molecule has 0 heterocycles. The summed E-state index contributed by atoms with van der Waals surface area (Å²) in [6.07, 6.45) is 3.79. The van der Waals surface area contributed by atoms with Crippen molar-refractivity contribution in [2.24, 2.45) is 0 Å². The molecule has 1 rings (SSSR count). The van der Waals surface area contributed by atoms with Gasteiger partial charge in [0, 0.05) is 6.04 Å². The van der Waals surface area contributed by atoms with Gasteiger partial charge >= 0.3 is 5.97 Å². The highest BCUT2D eigenvalue weighted by molar-refractivity contribution is 7.90. The Morgan fingerprint density at radius 3 is 2.40 bits per heavy atom. The van der Waals surface area contributed by atoms with Crippen LogP contribution in [0.5, 0.6) is 0 Å². The van der Waals surface area contributed by atoms with Crippen molar-refractivity contribution in [3.05, 3.63) is 0 Å².